The highest BCUT2D eigenvalue weighted by atomic mass is 35.5. The van der Waals surface area contributed by atoms with Crippen molar-refractivity contribution < 1.29 is 9.10 Å². The number of halogens is 1. The van der Waals surface area contributed by atoms with Gasteiger partial charge >= 0.3 is 0 Å². The van der Waals surface area contributed by atoms with E-state index < -0.39 is 0 Å². The van der Waals surface area contributed by atoms with Gasteiger partial charge < -0.3 is 4.42 Å². The Morgan fingerprint density at radius 1 is 1.03 bits per heavy atom. The summed E-state index contributed by atoms with van der Waals surface area (Å²) >= 11 is 6.33. The third-order valence-electron chi connectivity index (χ3n) is 7.04. The van der Waals surface area contributed by atoms with Crippen molar-refractivity contribution in [1.29, 1.82) is 0 Å². The van der Waals surface area contributed by atoms with Crippen LogP contribution in [0.5, 0.6) is 0 Å². The zero-order chi connectivity index (χ0) is 26.3. The molecule has 0 saturated carbocycles. The molecule has 0 aliphatic carbocycles. The Morgan fingerprint density at radius 2 is 1.73 bits per heavy atom. The molecular weight excluding hydrogens is 480 g/mol. The van der Waals surface area contributed by atoms with E-state index in [0.717, 1.165) is 17.8 Å². The number of hydrogen-bond acceptors (Lipinski definition) is 3. The number of fused-ring (bicyclic) bond motifs is 1. The summed E-state index contributed by atoms with van der Waals surface area (Å²) in [5, 5.41) is 3.47. The minimum atomic E-state index is -0.158. The summed E-state index contributed by atoms with van der Waals surface area (Å²) in [6, 6.07) is 23.8. The fraction of sp³-hybridized carbons (Fsp3) is 0.312. The topological polar surface area (TPSA) is 36.5 Å². The van der Waals surface area contributed by atoms with E-state index >= 15 is 0 Å². The molecule has 2 heterocycles. The van der Waals surface area contributed by atoms with Crippen LogP contribution in [0, 0.1) is 18.3 Å². The highest BCUT2D eigenvalue weighted by Crippen LogP contribution is 2.39. The molecule has 0 spiro atoms. The van der Waals surface area contributed by atoms with Crippen molar-refractivity contribution in [2.75, 3.05) is 6.54 Å². The second-order valence-corrected chi connectivity index (χ2v) is 11.6. The van der Waals surface area contributed by atoms with Gasteiger partial charge in [-0.3, -0.25) is 4.79 Å². The van der Waals surface area contributed by atoms with Crippen LogP contribution in [0.15, 0.2) is 82.0 Å². The van der Waals surface area contributed by atoms with Crippen molar-refractivity contribution in [3.63, 3.8) is 0 Å². The Morgan fingerprint density at radius 3 is 2.41 bits per heavy atom. The van der Waals surface area contributed by atoms with Gasteiger partial charge in [-0.15, -0.1) is 0 Å². The summed E-state index contributed by atoms with van der Waals surface area (Å²) in [6.07, 6.45) is 2.78. The van der Waals surface area contributed by atoms with E-state index in [0.29, 0.717) is 33.7 Å². The Hall–Kier alpha value is -3.37. The second kappa shape index (κ2) is 9.83. The van der Waals surface area contributed by atoms with Gasteiger partial charge in [0.25, 0.3) is 0 Å². The van der Waals surface area contributed by atoms with Crippen molar-refractivity contribution in [2.45, 2.75) is 47.1 Å². The molecule has 0 radical (unpaired) electrons. The molecule has 5 rings (SSSR count). The lowest BCUT2D eigenvalue weighted by molar-refractivity contribution is -0.624. The van der Waals surface area contributed by atoms with Gasteiger partial charge in [-0.1, -0.05) is 78.2 Å². The molecule has 0 bridgehead atoms. The Kier molecular flexibility index (Phi) is 6.72. The zero-order valence-corrected chi connectivity index (χ0v) is 22.9. The third-order valence-corrected chi connectivity index (χ3v) is 7.28. The number of rotatable bonds is 6. The van der Waals surface area contributed by atoms with Crippen molar-refractivity contribution in [3.8, 4) is 0 Å². The molecule has 0 saturated heterocycles. The molecule has 1 aliphatic heterocycles. The van der Waals surface area contributed by atoms with Gasteiger partial charge in [0.2, 0.25) is 5.69 Å². The largest absolute Gasteiger partial charge is 0.458 e. The minimum absolute atomic E-state index is 0.00624. The predicted octanol–water partition coefficient (Wildman–Crippen LogP) is 7.71. The van der Waals surface area contributed by atoms with Crippen LogP contribution in [-0.4, -0.2) is 22.5 Å². The first kappa shape index (κ1) is 25.3. The van der Waals surface area contributed by atoms with Gasteiger partial charge in [0.05, 0.1) is 17.3 Å². The monoisotopic (exact) mass is 513 g/mol. The molecule has 37 heavy (non-hydrogen) atoms. The smallest absolute Gasteiger partial charge is 0.235 e. The Balaban J connectivity index is 1.72. The zero-order valence-electron chi connectivity index (χ0n) is 22.2. The molecule has 5 heteroatoms. The van der Waals surface area contributed by atoms with E-state index in [1.807, 2.05) is 18.2 Å². The second-order valence-electron chi connectivity index (χ2n) is 11.2. The highest BCUT2D eigenvalue weighted by molar-refractivity contribution is 6.31. The fourth-order valence-corrected chi connectivity index (χ4v) is 5.47. The van der Waals surface area contributed by atoms with Crippen LogP contribution in [-0.2, 0) is 6.42 Å². The van der Waals surface area contributed by atoms with E-state index in [1.165, 1.54) is 5.56 Å². The average Bonchev–Trinajstić information content (AvgIpc) is 3.17. The molecule has 1 aliphatic rings. The van der Waals surface area contributed by atoms with E-state index in [4.69, 9.17) is 16.0 Å². The van der Waals surface area contributed by atoms with Crippen molar-refractivity contribution in [3.05, 3.63) is 110 Å². The van der Waals surface area contributed by atoms with E-state index in [9.17, 15) is 4.79 Å². The fourth-order valence-electron chi connectivity index (χ4n) is 5.30. The lowest BCUT2D eigenvalue weighted by atomic mass is 9.91. The third kappa shape index (κ3) is 5.08. The summed E-state index contributed by atoms with van der Waals surface area (Å²) in [5.74, 6) is 0.881. The number of aryl methyl sites for hydroxylation is 1. The summed E-state index contributed by atoms with van der Waals surface area (Å²) in [5.41, 5.74) is 4.57. The number of hydrazone groups is 1. The number of hydrazine groups is 1. The first-order valence-corrected chi connectivity index (χ1v) is 13.3. The van der Waals surface area contributed by atoms with Crippen LogP contribution in [0.3, 0.4) is 0 Å². The molecule has 0 amide bonds. The number of benzene rings is 3. The molecular formula is C32H34ClN2O2+. The van der Waals surface area contributed by atoms with Crippen LogP contribution >= 0.6 is 11.6 Å². The normalized spacial score (nSPS) is 15.9. The molecule has 1 atom stereocenters. The van der Waals surface area contributed by atoms with Gasteiger partial charge in [0.1, 0.15) is 17.4 Å². The first-order valence-electron chi connectivity index (χ1n) is 12.9. The van der Waals surface area contributed by atoms with Gasteiger partial charge in [0.15, 0.2) is 11.6 Å². The summed E-state index contributed by atoms with van der Waals surface area (Å²) in [6.45, 7) is 11.8. The van der Waals surface area contributed by atoms with E-state index in [2.05, 4.69) is 86.9 Å². The maximum Gasteiger partial charge on any atom is 0.235 e. The molecule has 4 nitrogen and oxygen atoms in total. The predicted molar refractivity (Wildman–Crippen MR) is 152 cm³/mol. The van der Waals surface area contributed by atoms with Gasteiger partial charge in [-0.2, -0.15) is 5.01 Å². The number of hydrogen-bond donors (Lipinski definition) is 0. The van der Waals surface area contributed by atoms with Crippen molar-refractivity contribution >= 4 is 34.5 Å². The Labute approximate surface area is 223 Å². The minimum Gasteiger partial charge on any atom is -0.458 e. The van der Waals surface area contributed by atoms with Crippen LogP contribution in [0.4, 0.5) is 5.69 Å². The average molecular weight is 514 g/mol. The molecule has 1 unspecified atom stereocenters. The lowest BCUT2D eigenvalue weighted by Crippen LogP contribution is -2.38. The van der Waals surface area contributed by atoms with Crippen molar-refractivity contribution in [1.82, 2.24) is 5.01 Å². The summed E-state index contributed by atoms with van der Waals surface area (Å²) in [4.78, 5) is 14.0. The molecule has 0 N–H and O–H groups in total. The quantitative estimate of drug-likeness (QED) is 0.248. The van der Waals surface area contributed by atoms with Gasteiger partial charge in [-0.05, 0) is 44.4 Å². The van der Waals surface area contributed by atoms with Crippen LogP contribution in [0.2, 0.25) is 5.02 Å². The SMILES string of the molecule is Cc1ccc([N+]2=CC(C)(C)CN2C(c2oc3cc(Cl)ccc3c(=O)c2Cc2ccccc2)C(C)C)cc1. The number of nitrogens with zero attached hydrogens (tertiary/aromatic N) is 2. The lowest BCUT2D eigenvalue weighted by Gasteiger charge is -2.30. The molecule has 0 fully saturated rings. The molecule has 4 aromatic rings. The van der Waals surface area contributed by atoms with Crippen molar-refractivity contribution in [2.24, 2.45) is 11.3 Å². The van der Waals surface area contributed by atoms with E-state index in [1.54, 1.807) is 18.2 Å². The standard InChI is InChI=1S/C32H34ClN2O2/c1-21(2)29(35-20-32(4,5)19-34(35)25-14-11-22(3)12-15-25)31-27(17-23-9-7-6-8-10-23)30(36)26-16-13-24(33)18-28(26)37-31/h6-16,18-19,21,29H,17,20H2,1-5H3/q+1. The first-order chi connectivity index (χ1) is 17.6. The Bertz CT molecular complexity index is 1520. The molecule has 1 aromatic heterocycles. The maximum atomic E-state index is 14.0. The summed E-state index contributed by atoms with van der Waals surface area (Å²) < 4.78 is 8.92. The van der Waals surface area contributed by atoms with Gasteiger partial charge in [0, 0.05) is 35.2 Å². The van der Waals surface area contributed by atoms with Crippen LogP contribution in [0.25, 0.3) is 11.0 Å². The van der Waals surface area contributed by atoms with Crippen LogP contribution < -0.4 is 5.43 Å². The highest BCUT2D eigenvalue weighted by Gasteiger charge is 2.45. The summed E-state index contributed by atoms with van der Waals surface area (Å²) in [7, 11) is 0. The molecule has 190 valence electrons. The van der Waals surface area contributed by atoms with E-state index in [-0.39, 0.29) is 22.8 Å². The molecule has 3 aromatic carbocycles. The van der Waals surface area contributed by atoms with Gasteiger partial charge in [-0.25, -0.2) is 0 Å². The van der Waals surface area contributed by atoms with Crippen LogP contribution in [0.1, 0.15) is 56.2 Å². The maximum absolute atomic E-state index is 14.0.